The predicted molar refractivity (Wildman–Crippen MR) is 70.7 cm³/mol. The summed E-state index contributed by atoms with van der Waals surface area (Å²) in [5.41, 5.74) is 0. The number of aliphatic hydroxyl groups excluding tert-OH is 1. The van der Waals surface area contributed by atoms with Gasteiger partial charge in [-0.25, -0.2) is 13.1 Å². The topological polar surface area (TPSA) is 79.5 Å². The lowest BCUT2D eigenvalue weighted by molar-refractivity contribution is 0.245. The first kappa shape index (κ1) is 13.8. The molecule has 2 aromatic heterocycles. The van der Waals surface area contributed by atoms with Crippen molar-refractivity contribution in [3.8, 4) is 0 Å². The molecule has 2 N–H and O–H groups in total. The zero-order chi connectivity index (χ0) is 13.2. The fraction of sp³-hybridized carbons (Fsp3) is 0.200. The van der Waals surface area contributed by atoms with E-state index in [1.165, 1.54) is 17.4 Å². The van der Waals surface area contributed by atoms with Gasteiger partial charge in [0.05, 0.1) is 0 Å². The van der Waals surface area contributed by atoms with Crippen molar-refractivity contribution in [1.29, 1.82) is 0 Å². The summed E-state index contributed by atoms with van der Waals surface area (Å²) in [5.74, 6) is 0.193. The number of rotatable bonds is 5. The lowest BCUT2D eigenvalue weighted by Gasteiger charge is -2.03. The van der Waals surface area contributed by atoms with Gasteiger partial charge in [0.25, 0.3) is 0 Å². The van der Waals surface area contributed by atoms with Gasteiger partial charge >= 0.3 is 0 Å². The number of hydrogen-bond acceptors (Lipinski definition) is 5. The standard InChI is InChI=1S/C10H10BrNO4S2/c11-10-9(4-7(6-13)16-10)18(14,15)12-5-8-2-1-3-17-8/h1-4,12-13H,5-6H2. The maximum Gasteiger partial charge on any atom is 0.245 e. The highest BCUT2D eigenvalue weighted by atomic mass is 79.9. The van der Waals surface area contributed by atoms with Crippen molar-refractivity contribution in [1.82, 2.24) is 4.72 Å². The molecular formula is C10H10BrNO4S2. The minimum atomic E-state index is -3.65. The van der Waals surface area contributed by atoms with E-state index in [-0.39, 0.29) is 28.5 Å². The number of thiophene rings is 1. The Morgan fingerprint density at radius 3 is 2.83 bits per heavy atom. The van der Waals surface area contributed by atoms with E-state index in [1.54, 1.807) is 0 Å². The zero-order valence-electron chi connectivity index (χ0n) is 9.09. The zero-order valence-corrected chi connectivity index (χ0v) is 12.3. The van der Waals surface area contributed by atoms with Crippen molar-refractivity contribution in [2.75, 3.05) is 0 Å². The number of sulfonamides is 1. The quantitative estimate of drug-likeness (QED) is 0.864. The molecule has 0 fully saturated rings. The van der Waals surface area contributed by atoms with Crippen LogP contribution < -0.4 is 4.72 Å². The molecule has 8 heteroatoms. The third-order valence-corrected chi connectivity index (χ3v) is 5.30. The van der Waals surface area contributed by atoms with E-state index in [4.69, 9.17) is 9.52 Å². The molecular weight excluding hydrogens is 342 g/mol. The summed E-state index contributed by atoms with van der Waals surface area (Å²) in [5, 5.41) is 10.8. The van der Waals surface area contributed by atoms with E-state index in [1.807, 2.05) is 17.5 Å². The van der Waals surface area contributed by atoms with Crippen LogP contribution in [0.3, 0.4) is 0 Å². The van der Waals surface area contributed by atoms with Crippen LogP contribution in [0.25, 0.3) is 0 Å². The van der Waals surface area contributed by atoms with E-state index < -0.39 is 10.0 Å². The third-order valence-electron chi connectivity index (χ3n) is 2.17. The second-order valence-corrected chi connectivity index (χ2v) is 6.90. The average molecular weight is 352 g/mol. The molecule has 2 aromatic rings. The number of hydrogen-bond donors (Lipinski definition) is 2. The Morgan fingerprint density at radius 2 is 2.28 bits per heavy atom. The molecule has 0 spiro atoms. The van der Waals surface area contributed by atoms with Gasteiger partial charge in [-0.1, -0.05) is 6.07 Å². The Hall–Kier alpha value is -0.670. The Balaban J connectivity index is 2.17. The Kier molecular flexibility index (Phi) is 4.23. The average Bonchev–Trinajstić information content (AvgIpc) is 2.95. The van der Waals surface area contributed by atoms with Crippen LogP contribution in [0.4, 0.5) is 0 Å². The minimum Gasteiger partial charge on any atom is -0.450 e. The fourth-order valence-corrected chi connectivity index (χ4v) is 4.05. The summed E-state index contributed by atoms with van der Waals surface area (Å²) in [6.45, 7) is -0.120. The van der Waals surface area contributed by atoms with Crippen LogP contribution in [-0.2, 0) is 23.2 Å². The van der Waals surface area contributed by atoms with Gasteiger partial charge in [-0.05, 0) is 27.4 Å². The number of nitrogens with one attached hydrogen (secondary N) is 1. The van der Waals surface area contributed by atoms with Crippen molar-refractivity contribution >= 4 is 37.3 Å². The van der Waals surface area contributed by atoms with Crippen LogP contribution in [0, 0.1) is 0 Å². The molecule has 0 atom stereocenters. The van der Waals surface area contributed by atoms with Crippen molar-refractivity contribution in [3.05, 3.63) is 38.9 Å². The van der Waals surface area contributed by atoms with Gasteiger partial charge in [0.1, 0.15) is 17.3 Å². The molecule has 0 saturated heterocycles. The van der Waals surface area contributed by atoms with Gasteiger partial charge in [0, 0.05) is 17.5 Å². The highest BCUT2D eigenvalue weighted by Crippen LogP contribution is 2.26. The third kappa shape index (κ3) is 3.01. The highest BCUT2D eigenvalue weighted by molar-refractivity contribution is 9.10. The second kappa shape index (κ2) is 5.54. The molecule has 98 valence electrons. The first-order chi connectivity index (χ1) is 8.53. The van der Waals surface area contributed by atoms with E-state index in [0.717, 1.165) is 4.88 Å². The van der Waals surface area contributed by atoms with Gasteiger partial charge in [-0.15, -0.1) is 11.3 Å². The summed E-state index contributed by atoms with van der Waals surface area (Å²) in [7, 11) is -3.65. The molecule has 18 heavy (non-hydrogen) atoms. The van der Waals surface area contributed by atoms with Gasteiger partial charge in [-0.2, -0.15) is 0 Å². The Labute approximate surface area is 117 Å². The molecule has 0 amide bonds. The van der Waals surface area contributed by atoms with E-state index >= 15 is 0 Å². The highest BCUT2D eigenvalue weighted by Gasteiger charge is 2.22. The second-order valence-electron chi connectivity index (χ2n) is 3.41. The normalized spacial score (nSPS) is 11.9. The van der Waals surface area contributed by atoms with Crippen LogP contribution in [0.1, 0.15) is 10.6 Å². The number of aliphatic hydroxyl groups is 1. The smallest absolute Gasteiger partial charge is 0.245 e. The summed E-state index contributed by atoms with van der Waals surface area (Å²) in [6.07, 6.45) is 0. The molecule has 0 bridgehead atoms. The van der Waals surface area contributed by atoms with Crippen LogP contribution >= 0.6 is 27.3 Å². The molecule has 0 saturated carbocycles. The van der Waals surface area contributed by atoms with Gasteiger partial charge < -0.3 is 9.52 Å². The number of furan rings is 1. The van der Waals surface area contributed by atoms with E-state index in [9.17, 15) is 8.42 Å². The molecule has 0 radical (unpaired) electrons. The summed E-state index contributed by atoms with van der Waals surface area (Å²) in [4.78, 5) is 0.906. The monoisotopic (exact) mass is 351 g/mol. The first-order valence-corrected chi connectivity index (χ1v) is 8.09. The van der Waals surface area contributed by atoms with Crippen molar-refractivity contribution in [3.63, 3.8) is 0 Å². The van der Waals surface area contributed by atoms with Crippen molar-refractivity contribution in [2.45, 2.75) is 18.0 Å². The molecule has 0 unspecified atom stereocenters. The van der Waals surface area contributed by atoms with Gasteiger partial charge in [0.15, 0.2) is 4.67 Å². The van der Waals surface area contributed by atoms with Crippen LogP contribution in [0.15, 0.2) is 37.6 Å². The fourth-order valence-electron chi connectivity index (χ4n) is 1.32. The SMILES string of the molecule is O=S(=O)(NCc1cccs1)c1cc(CO)oc1Br. The van der Waals surface area contributed by atoms with Crippen LogP contribution in [0.5, 0.6) is 0 Å². The molecule has 0 aliphatic heterocycles. The Morgan fingerprint density at radius 1 is 1.50 bits per heavy atom. The summed E-state index contributed by atoms with van der Waals surface area (Å²) < 4.78 is 31.6. The summed E-state index contributed by atoms with van der Waals surface area (Å²) >= 11 is 4.49. The molecule has 0 aromatic carbocycles. The van der Waals surface area contributed by atoms with Gasteiger partial charge in [-0.3, -0.25) is 0 Å². The maximum absolute atomic E-state index is 12.0. The van der Waals surface area contributed by atoms with Crippen molar-refractivity contribution in [2.24, 2.45) is 0 Å². The van der Waals surface area contributed by atoms with Crippen molar-refractivity contribution < 1.29 is 17.9 Å². The molecule has 5 nitrogen and oxygen atoms in total. The molecule has 2 rings (SSSR count). The largest absolute Gasteiger partial charge is 0.450 e. The maximum atomic E-state index is 12.0. The van der Waals surface area contributed by atoms with E-state index in [2.05, 4.69) is 20.7 Å². The van der Waals surface area contributed by atoms with Gasteiger partial charge in [0.2, 0.25) is 10.0 Å². The molecule has 0 aliphatic carbocycles. The number of halogens is 1. The summed E-state index contributed by atoms with van der Waals surface area (Å²) in [6, 6.07) is 4.99. The van der Waals surface area contributed by atoms with E-state index in [0.29, 0.717) is 0 Å². The predicted octanol–water partition coefficient (Wildman–Crippen LogP) is 2.07. The first-order valence-electron chi connectivity index (χ1n) is 4.94. The van der Waals surface area contributed by atoms with Crippen LogP contribution in [0.2, 0.25) is 0 Å². The lowest BCUT2D eigenvalue weighted by atomic mass is 10.5. The lowest BCUT2D eigenvalue weighted by Crippen LogP contribution is -2.22. The Bertz CT molecular complexity index is 618. The molecule has 0 aliphatic rings. The molecule has 2 heterocycles. The van der Waals surface area contributed by atoms with Crippen LogP contribution in [-0.4, -0.2) is 13.5 Å². The minimum absolute atomic E-state index is 0.0110.